The molecule has 198 valence electrons. The summed E-state index contributed by atoms with van der Waals surface area (Å²) in [5, 5.41) is 5.54. The third kappa shape index (κ3) is 3.74. The van der Waals surface area contributed by atoms with Crippen LogP contribution in [0.4, 0.5) is 4.79 Å². The zero-order valence-corrected chi connectivity index (χ0v) is 23.1. The van der Waals surface area contributed by atoms with Gasteiger partial charge in [-0.25, -0.2) is 4.79 Å². The summed E-state index contributed by atoms with van der Waals surface area (Å²) in [6, 6.07) is 19.0. The standard InChI is InChI=1S/C31H37N5O2/c1-19-17-36(30(37)35(6)27-16-24(27)22-12-8-7-9-13-22)21(3)31(4,20(19)2)29-32-28(33-38-29)25-18-34(5)26-15-11-10-14-23(25)26/h7-15,18-21,24,27H,16-17H2,1-6H3. The molecular formula is C31H37N5O2. The zero-order valence-electron chi connectivity index (χ0n) is 23.1. The van der Waals surface area contributed by atoms with Crippen LogP contribution in [0.5, 0.6) is 0 Å². The number of piperidine rings is 1. The highest BCUT2D eigenvalue weighted by Gasteiger charge is 2.54. The molecule has 6 rings (SSSR count). The van der Waals surface area contributed by atoms with Crippen molar-refractivity contribution in [2.24, 2.45) is 18.9 Å². The Kier molecular flexibility index (Phi) is 5.85. The van der Waals surface area contributed by atoms with Crippen LogP contribution in [-0.4, -0.2) is 56.2 Å². The lowest BCUT2D eigenvalue weighted by molar-refractivity contribution is 0.00655. The molecule has 3 heterocycles. The van der Waals surface area contributed by atoms with E-state index in [4.69, 9.17) is 9.51 Å². The molecule has 0 spiro atoms. The van der Waals surface area contributed by atoms with Crippen LogP contribution < -0.4 is 0 Å². The Hall–Kier alpha value is -3.61. The molecular weight excluding hydrogens is 474 g/mol. The monoisotopic (exact) mass is 511 g/mol. The lowest BCUT2D eigenvalue weighted by atomic mass is 9.64. The van der Waals surface area contributed by atoms with Crippen molar-refractivity contribution in [3.63, 3.8) is 0 Å². The second kappa shape index (κ2) is 9.00. The number of carbonyl (C=O) groups is 1. The summed E-state index contributed by atoms with van der Waals surface area (Å²) in [6.07, 6.45) is 3.07. The summed E-state index contributed by atoms with van der Waals surface area (Å²) in [5.74, 6) is 2.14. The molecule has 38 heavy (non-hydrogen) atoms. The van der Waals surface area contributed by atoms with E-state index < -0.39 is 5.41 Å². The van der Waals surface area contributed by atoms with Gasteiger partial charge in [0, 0.05) is 61.3 Å². The van der Waals surface area contributed by atoms with Crippen LogP contribution in [0.2, 0.25) is 0 Å². The minimum Gasteiger partial charge on any atom is -0.350 e. The number of aryl methyl sites for hydroxylation is 1. The van der Waals surface area contributed by atoms with E-state index in [0.29, 0.717) is 24.2 Å². The van der Waals surface area contributed by atoms with Gasteiger partial charge >= 0.3 is 6.03 Å². The van der Waals surface area contributed by atoms with Crippen LogP contribution in [0.15, 0.2) is 65.3 Å². The molecule has 1 saturated carbocycles. The topological polar surface area (TPSA) is 67.4 Å². The lowest BCUT2D eigenvalue weighted by Crippen LogP contribution is -2.62. The van der Waals surface area contributed by atoms with E-state index in [-0.39, 0.29) is 30.0 Å². The van der Waals surface area contributed by atoms with Crippen LogP contribution in [-0.2, 0) is 12.5 Å². The molecule has 1 aliphatic carbocycles. The number of carbonyl (C=O) groups excluding carboxylic acids is 1. The Bertz CT molecular complexity index is 1480. The summed E-state index contributed by atoms with van der Waals surface area (Å²) in [4.78, 5) is 22.9. The normalized spacial score (nSPS) is 29.0. The van der Waals surface area contributed by atoms with Crippen molar-refractivity contribution in [3.8, 4) is 11.4 Å². The first-order chi connectivity index (χ1) is 18.2. The number of para-hydroxylation sites is 1. The minimum atomic E-state index is -0.480. The maximum Gasteiger partial charge on any atom is 0.320 e. The van der Waals surface area contributed by atoms with Crippen LogP contribution in [0.25, 0.3) is 22.3 Å². The first kappa shape index (κ1) is 24.7. The maximum absolute atomic E-state index is 13.9. The molecule has 0 radical (unpaired) electrons. The number of fused-ring (bicyclic) bond motifs is 1. The first-order valence-corrected chi connectivity index (χ1v) is 13.7. The number of benzene rings is 2. The minimum absolute atomic E-state index is 0.0831. The van der Waals surface area contributed by atoms with E-state index in [0.717, 1.165) is 22.9 Å². The van der Waals surface area contributed by atoms with Gasteiger partial charge in [-0.05, 0) is 43.7 Å². The molecule has 2 fully saturated rings. The average molecular weight is 512 g/mol. The van der Waals surface area contributed by atoms with Gasteiger partial charge in [0.15, 0.2) is 0 Å². The molecule has 1 saturated heterocycles. The maximum atomic E-state index is 13.9. The second-order valence-corrected chi connectivity index (χ2v) is 11.7. The Morgan fingerprint density at radius 1 is 1.08 bits per heavy atom. The Morgan fingerprint density at radius 2 is 1.79 bits per heavy atom. The SMILES string of the molecule is CC1CN(C(=O)N(C)C2CC2c2ccccc2)C(C)C(C)(c2nc(-c3cn(C)c4ccccc34)no2)C1C. The molecule has 1 aliphatic heterocycles. The van der Waals surface area contributed by atoms with Crippen molar-refractivity contribution >= 4 is 16.9 Å². The Labute approximate surface area is 224 Å². The van der Waals surface area contributed by atoms with Gasteiger partial charge in [0.2, 0.25) is 11.7 Å². The van der Waals surface area contributed by atoms with Gasteiger partial charge in [0.1, 0.15) is 0 Å². The first-order valence-electron chi connectivity index (χ1n) is 13.7. The average Bonchev–Trinajstić information content (AvgIpc) is 3.46. The molecule has 2 aromatic carbocycles. The highest BCUT2D eigenvalue weighted by Crippen LogP contribution is 2.48. The second-order valence-electron chi connectivity index (χ2n) is 11.7. The van der Waals surface area contributed by atoms with E-state index in [1.807, 2.05) is 42.1 Å². The molecule has 4 aromatic rings. The summed E-state index contributed by atoms with van der Waals surface area (Å²) in [5.41, 5.74) is 2.91. The predicted octanol–water partition coefficient (Wildman–Crippen LogP) is 6.07. The molecule has 6 unspecified atom stereocenters. The smallest absolute Gasteiger partial charge is 0.320 e. The van der Waals surface area contributed by atoms with Gasteiger partial charge in [-0.3, -0.25) is 0 Å². The fourth-order valence-corrected chi connectivity index (χ4v) is 6.62. The van der Waals surface area contributed by atoms with Crippen LogP contribution in [0.1, 0.15) is 51.5 Å². The fourth-order valence-electron chi connectivity index (χ4n) is 6.62. The molecule has 2 amide bonds. The number of hydrogen-bond donors (Lipinski definition) is 0. The van der Waals surface area contributed by atoms with Crippen LogP contribution in [0.3, 0.4) is 0 Å². The highest BCUT2D eigenvalue weighted by molar-refractivity contribution is 5.94. The van der Waals surface area contributed by atoms with Crippen molar-refractivity contribution in [3.05, 3.63) is 72.2 Å². The van der Waals surface area contributed by atoms with Gasteiger partial charge in [0.25, 0.3) is 0 Å². The summed E-state index contributed by atoms with van der Waals surface area (Å²) < 4.78 is 8.10. The Morgan fingerprint density at radius 3 is 2.55 bits per heavy atom. The zero-order chi connectivity index (χ0) is 26.8. The van der Waals surface area contributed by atoms with Crippen molar-refractivity contribution in [2.45, 2.75) is 57.5 Å². The number of likely N-dealkylation sites (tertiary alicyclic amines) is 1. The number of nitrogens with zero attached hydrogens (tertiary/aromatic N) is 5. The number of rotatable bonds is 4. The van der Waals surface area contributed by atoms with Gasteiger partial charge < -0.3 is 18.9 Å². The molecule has 0 bridgehead atoms. The van der Waals surface area contributed by atoms with Crippen LogP contribution >= 0.6 is 0 Å². The number of hydrogen-bond acceptors (Lipinski definition) is 4. The molecule has 2 aliphatic rings. The summed E-state index contributed by atoms with van der Waals surface area (Å²) in [6.45, 7) is 9.51. The van der Waals surface area contributed by atoms with E-state index >= 15 is 0 Å². The number of likely N-dealkylation sites (N-methyl/N-ethyl adjacent to an activating group) is 1. The third-order valence-corrected chi connectivity index (χ3v) is 9.67. The molecule has 7 heteroatoms. The lowest BCUT2D eigenvalue weighted by Gasteiger charge is -2.52. The van der Waals surface area contributed by atoms with Crippen molar-refractivity contribution < 1.29 is 9.32 Å². The Balaban J connectivity index is 1.28. The van der Waals surface area contributed by atoms with Gasteiger partial charge in [-0.2, -0.15) is 4.98 Å². The van der Waals surface area contributed by atoms with E-state index in [2.05, 4.69) is 80.0 Å². The summed E-state index contributed by atoms with van der Waals surface area (Å²) >= 11 is 0. The quantitative estimate of drug-likeness (QED) is 0.334. The van der Waals surface area contributed by atoms with Gasteiger partial charge in [-0.1, -0.05) is 67.5 Å². The van der Waals surface area contributed by atoms with Gasteiger partial charge in [0.05, 0.1) is 5.41 Å². The number of aromatic nitrogens is 3. The fraction of sp³-hybridized carbons (Fsp3) is 0.452. The number of amides is 2. The molecule has 2 aromatic heterocycles. The van der Waals surface area contributed by atoms with Crippen LogP contribution in [0, 0.1) is 11.8 Å². The van der Waals surface area contributed by atoms with E-state index in [1.54, 1.807) is 0 Å². The molecule has 6 atom stereocenters. The predicted molar refractivity (Wildman–Crippen MR) is 149 cm³/mol. The van der Waals surface area contributed by atoms with Crippen molar-refractivity contribution in [2.75, 3.05) is 13.6 Å². The van der Waals surface area contributed by atoms with Crippen molar-refractivity contribution in [1.29, 1.82) is 0 Å². The van der Waals surface area contributed by atoms with Crippen molar-refractivity contribution in [1.82, 2.24) is 24.5 Å². The molecule has 0 N–H and O–H groups in total. The summed E-state index contributed by atoms with van der Waals surface area (Å²) in [7, 11) is 3.98. The largest absolute Gasteiger partial charge is 0.350 e. The van der Waals surface area contributed by atoms with E-state index in [1.165, 1.54) is 5.56 Å². The third-order valence-electron chi connectivity index (χ3n) is 9.67. The highest BCUT2D eigenvalue weighted by atomic mass is 16.5. The van der Waals surface area contributed by atoms with Gasteiger partial charge in [-0.15, -0.1) is 0 Å². The number of urea groups is 1. The molecule has 7 nitrogen and oxygen atoms in total. The van der Waals surface area contributed by atoms with E-state index in [9.17, 15) is 4.79 Å².